The van der Waals surface area contributed by atoms with Crippen LogP contribution in [0.3, 0.4) is 0 Å². The second kappa shape index (κ2) is 9.34. The number of rotatable bonds is 6. The Kier molecular flexibility index (Phi) is 7.14. The van der Waals surface area contributed by atoms with Gasteiger partial charge in [0.05, 0.1) is 26.4 Å². The molecule has 1 aliphatic rings. The fourth-order valence-corrected chi connectivity index (χ4v) is 2.54. The Morgan fingerprint density at radius 1 is 1.42 bits per heavy atom. The third kappa shape index (κ3) is 5.28. The number of aliphatic imine (C=N–C) groups is 1. The van der Waals surface area contributed by atoms with Crippen LogP contribution in [-0.4, -0.2) is 71.0 Å². The smallest absolute Gasteiger partial charge is 0.195 e. The van der Waals surface area contributed by atoms with Gasteiger partial charge in [-0.2, -0.15) is 0 Å². The first kappa shape index (κ1) is 18.4. The van der Waals surface area contributed by atoms with E-state index in [9.17, 15) is 0 Å². The van der Waals surface area contributed by atoms with Gasteiger partial charge in [0.2, 0.25) is 0 Å². The molecule has 2 N–H and O–H groups in total. The summed E-state index contributed by atoms with van der Waals surface area (Å²) in [5, 5.41) is 6.56. The fourth-order valence-electron chi connectivity index (χ4n) is 2.54. The number of nitrogens with one attached hydrogen (secondary N) is 2. The van der Waals surface area contributed by atoms with Gasteiger partial charge in [0.1, 0.15) is 0 Å². The van der Waals surface area contributed by atoms with Crippen molar-refractivity contribution in [3.8, 4) is 11.5 Å². The van der Waals surface area contributed by atoms with Crippen LogP contribution in [0.4, 0.5) is 5.69 Å². The summed E-state index contributed by atoms with van der Waals surface area (Å²) in [7, 11) is 5.48. The zero-order valence-electron chi connectivity index (χ0n) is 15.0. The Balaban J connectivity index is 1.92. The van der Waals surface area contributed by atoms with Crippen molar-refractivity contribution in [2.75, 3.05) is 59.4 Å². The summed E-state index contributed by atoms with van der Waals surface area (Å²) in [6, 6.07) is 5.71. The third-order valence-corrected chi connectivity index (χ3v) is 3.79. The predicted molar refractivity (Wildman–Crippen MR) is 96.4 cm³/mol. The van der Waals surface area contributed by atoms with E-state index in [1.165, 1.54) is 0 Å². The van der Waals surface area contributed by atoms with Gasteiger partial charge in [-0.15, -0.1) is 0 Å². The minimum Gasteiger partial charge on any atom is -0.493 e. The number of methoxy groups -OCH3 is 1. The first-order valence-electron chi connectivity index (χ1n) is 8.25. The lowest BCUT2D eigenvalue weighted by Gasteiger charge is -2.30. The van der Waals surface area contributed by atoms with Gasteiger partial charge in [0, 0.05) is 38.4 Å². The molecule has 1 aliphatic heterocycles. The molecule has 7 nitrogen and oxygen atoms in total. The van der Waals surface area contributed by atoms with Crippen LogP contribution < -0.4 is 20.1 Å². The first-order valence-corrected chi connectivity index (χ1v) is 8.25. The molecule has 7 heteroatoms. The standard InChI is InChI=1S/C17H28N4O3/c1-5-23-15-7-6-13(10-16(15)22-4)20-17(18-2)19-11-14-12-21(3)8-9-24-14/h6-7,10,14H,5,8-9,11-12H2,1-4H3,(H2,18,19,20). The molecule has 0 amide bonds. The number of likely N-dealkylation sites (N-methyl/N-ethyl adjacent to an activating group) is 1. The highest BCUT2D eigenvalue weighted by Crippen LogP contribution is 2.30. The molecule has 134 valence electrons. The molecule has 1 heterocycles. The van der Waals surface area contributed by atoms with Gasteiger partial charge in [0.15, 0.2) is 17.5 Å². The predicted octanol–water partition coefficient (Wildman–Crippen LogP) is 1.41. The maximum absolute atomic E-state index is 5.75. The molecule has 0 aromatic heterocycles. The molecule has 0 bridgehead atoms. The molecule has 1 aromatic rings. The van der Waals surface area contributed by atoms with Crippen LogP contribution >= 0.6 is 0 Å². The minimum absolute atomic E-state index is 0.164. The number of ether oxygens (including phenoxy) is 3. The van der Waals surface area contributed by atoms with Crippen LogP contribution in [0.25, 0.3) is 0 Å². The normalized spacial score (nSPS) is 19.0. The summed E-state index contributed by atoms with van der Waals surface area (Å²) in [5.41, 5.74) is 0.880. The van der Waals surface area contributed by atoms with Gasteiger partial charge in [-0.25, -0.2) is 0 Å². The average Bonchev–Trinajstić information content (AvgIpc) is 2.60. The van der Waals surface area contributed by atoms with Crippen LogP contribution in [0.1, 0.15) is 6.92 Å². The van der Waals surface area contributed by atoms with Gasteiger partial charge in [-0.3, -0.25) is 4.99 Å². The minimum atomic E-state index is 0.164. The van der Waals surface area contributed by atoms with E-state index in [4.69, 9.17) is 14.2 Å². The molecule has 24 heavy (non-hydrogen) atoms. The lowest BCUT2D eigenvalue weighted by atomic mass is 10.2. The SMILES string of the molecule is CCOc1ccc(NC(=NC)NCC2CN(C)CCO2)cc1OC. The van der Waals surface area contributed by atoms with Gasteiger partial charge >= 0.3 is 0 Å². The van der Waals surface area contributed by atoms with Crippen molar-refractivity contribution in [1.29, 1.82) is 0 Å². The van der Waals surface area contributed by atoms with E-state index < -0.39 is 0 Å². The molecule has 0 spiro atoms. The molecule has 1 saturated heterocycles. The van der Waals surface area contributed by atoms with E-state index in [1.807, 2.05) is 25.1 Å². The Hall–Kier alpha value is -1.99. The fraction of sp³-hybridized carbons (Fsp3) is 0.588. The van der Waals surface area contributed by atoms with Crippen molar-refractivity contribution in [2.45, 2.75) is 13.0 Å². The Morgan fingerprint density at radius 3 is 2.92 bits per heavy atom. The molecule has 1 fully saturated rings. The van der Waals surface area contributed by atoms with E-state index in [-0.39, 0.29) is 6.10 Å². The van der Waals surface area contributed by atoms with Crippen molar-refractivity contribution >= 4 is 11.6 Å². The largest absolute Gasteiger partial charge is 0.493 e. The summed E-state index contributed by atoms with van der Waals surface area (Å²) in [4.78, 5) is 6.52. The van der Waals surface area contributed by atoms with Crippen molar-refractivity contribution in [2.24, 2.45) is 4.99 Å². The molecular weight excluding hydrogens is 308 g/mol. The van der Waals surface area contributed by atoms with Gasteiger partial charge in [-0.05, 0) is 26.1 Å². The molecular formula is C17H28N4O3. The molecule has 0 radical (unpaired) electrons. The number of benzene rings is 1. The van der Waals surface area contributed by atoms with Crippen molar-refractivity contribution < 1.29 is 14.2 Å². The summed E-state index contributed by atoms with van der Waals surface area (Å²) >= 11 is 0. The van der Waals surface area contributed by atoms with E-state index in [0.29, 0.717) is 24.9 Å². The van der Waals surface area contributed by atoms with E-state index in [0.717, 1.165) is 31.1 Å². The Morgan fingerprint density at radius 2 is 2.25 bits per heavy atom. The van der Waals surface area contributed by atoms with Crippen molar-refractivity contribution in [3.05, 3.63) is 18.2 Å². The molecule has 0 saturated carbocycles. The average molecular weight is 336 g/mol. The molecule has 2 rings (SSSR count). The Bertz CT molecular complexity index is 551. The van der Waals surface area contributed by atoms with Crippen molar-refractivity contribution in [3.63, 3.8) is 0 Å². The zero-order chi connectivity index (χ0) is 17.4. The first-order chi connectivity index (χ1) is 11.7. The number of hydrogen-bond acceptors (Lipinski definition) is 5. The summed E-state index contributed by atoms with van der Waals surface area (Å²) in [5.74, 6) is 2.11. The van der Waals surface area contributed by atoms with Gasteiger partial charge in [0.25, 0.3) is 0 Å². The maximum Gasteiger partial charge on any atom is 0.195 e. The highest BCUT2D eigenvalue weighted by Gasteiger charge is 2.17. The van der Waals surface area contributed by atoms with Gasteiger partial charge in [-0.1, -0.05) is 0 Å². The van der Waals surface area contributed by atoms with Crippen LogP contribution in [0.5, 0.6) is 11.5 Å². The summed E-state index contributed by atoms with van der Waals surface area (Å²) in [6.45, 7) is 5.92. The van der Waals surface area contributed by atoms with Crippen LogP contribution in [0, 0.1) is 0 Å². The molecule has 1 atom stereocenters. The molecule has 1 unspecified atom stereocenters. The number of morpholine rings is 1. The van der Waals surface area contributed by atoms with Gasteiger partial charge < -0.3 is 29.7 Å². The highest BCUT2D eigenvalue weighted by atomic mass is 16.5. The second-order valence-electron chi connectivity index (χ2n) is 5.63. The quantitative estimate of drug-likeness (QED) is 0.605. The lowest BCUT2D eigenvalue weighted by molar-refractivity contribution is -0.0160. The van der Waals surface area contributed by atoms with Crippen LogP contribution in [0.2, 0.25) is 0 Å². The second-order valence-corrected chi connectivity index (χ2v) is 5.63. The number of guanidine groups is 1. The van der Waals surface area contributed by atoms with E-state index in [2.05, 4.69) is 27.6 Å². The monoisotopic (exact) mass is 336 g/mol. The third-order valence-electron chi connectivity index (χ3n) is 3.79. The topological polar surface area (TPSA) is 67.4 Å². The van der Waals surface area contributed by atoms with Crippen molar-refractivity contribution in [1.82, 2.24) is 10.2 Å². The molecule has 0 aliphatic carbocycles. The number of hydrogen-bond donors (Lipinski definition) is 2. The number of anilines is 1. The lowest BCUT2D eigenvalue weighted by Crippen LogP contribution is -2.47. The zero-order valence-corrected chi connectivity index (χ0v) is 15.0. The summed E-state index contributed by atoms with van der Waals surface area (Å²) in [6.07, 6.45) is 0.164. The van der Waals surface area contributed by atoms with Crippen LogP contribution in [-0.2, 0) is 4.74 Å². The highest BCUT2D eigenvalue weighted by molar-refractivity contribution is 5.93. The Labute approximate surface area is 144 Å². The number of nitrogens with zero attached hydrogens (tertiary/aromatic N) is 2. The van der Waals surface area contributed by atoms with E-state index >= 15 is 0 Å². The molecule has 1 aromatic carbocycles. The summed E-state index contributed by atoms with van der Waals surface area (Å²) < 4.78 is 16.7. The maximum atomic E-state index is 5.75. The van der Waals surface area contributed by atoms with Crippen LogP contribution in [0.15, 0.2) is 23.2 Å². The van der Waals surface area contributed by atoms with E-state index in [1.54, 1.807) is 14.2 Å².